The number of benzene rings is 1. The van der Waals surface area contributed by atoms with E-state index in [9.17, 15) is 14.7 Å². The lowest BCUT2D eigenvalue weighted by atomic mass is 10.1. The van der Waals surface area contributed by atoms with Gasteiger partial charge in [-0.05, 0) is 39.0 Å². The van der Waals surface area contributed by atoms with Gasteiger partial charge < -0.3 is 5.11 Å². The van der Waals surface area contributed by atoms with Crippen molar-refractivity contribution >= 4 is 12.2 Å². The highest BCUT2D eigenvalue weighted by Crippen LogP contribution is 2.22. The van der Waals surface area contributed by atoms with Gasteiger partial charge in [0.2, 0.25) is 5.88 Å². The molecule has 118 valence electrons. The lowest BCUT2D eigenvalue weighted by Crippen LogP contribution is -2.39. The number of nitrogens with one attached hydrogen (secondary N) is 1. The molecule has 1 aliphatic heterocycles. The summed E-state index contributed by atoms with van der Waals surface area (Å²) in [5.74, 6) is -0.363. The molecular weight excluding hydrogens is 294 g/mol. The lowest BCUT2D eigenvalue weighted by molar-refractivity contribution is 0.305. The number of nitrogens with zero attached hydrogens (tertiary/aromatic N) is 2. The van der Waals surface area contributed by atoms with E-state index in [0.717, 1.165) is 15.1 Å². The van der Waals surface area contributed by atoms with Gasteiger partial charge in [0.05, 0.1) is 11.1 Å². The summed E-state index contributed by atoms with van der Waals surface area (Å²) in [5, 5.41) is 12.2. The van der Waals surface area contributed by atoms with Crippen LogP contribution in [0, 0.1) is 0 Å². The number of aromatic hydroxyl groups is 1. The predicted molar refractivity (Wildman–Crippen MR) is 87.6 cm³/mol. The molecule has 0 fully saturated rings. The molecule has 0 bridgehead atoms. The molecule has 6 heteroatoms. The van der Waals surface area contributed by atoms with Gasteiger partial charge in [0.1, 0.15) is 5.56 Å². The summed E-state index contributed by atoms with van der Waals surface area (Å²) >= 11 is 0. The van der Waals surface area contributed by atoms with Crippen molar-refractivity contribution in [2.75, 3.05) is 0 Å². The van der Waals surface area contributed by atoms with Gasteiger partial charge in [-0.1, -0.05) is 18.2 Å². The van der Waals surface area contributed by atoms with E-state index in [1.807, 2.05) is 30.3 Å². The van der Waals surface area contributed by atoms with Crippen LogP contribution < -0.4 is 21.8 Å². The number of aromatic nitrogens is 2. The third-order valence-electron chi connectivity index (χ3n) is 3.57. The Hall–Kier alpha value is -2.89. The standard InChI is InChI=1S/C17H17N3O3/c1-17(2,3)20-15(22)12(14(21)19-16(20)23)9-11-8-10-6-4-5-7-13(10)18-11/h4-9,22H,1-3H3,(H,19,21,23)/b11-9+. The highest BCUT2D eigenvalue weighted by atomic mass is 16.3. The first-order chi connectivity index (χ1) is 10.8. The first-order valence-electron chi connectivity index (χ1n) is 7.23. The normalized spacial score (nSPS) is 15.2. The van der Waals surface area contributed by atoms with E-state index in [2.05, 4.69) is 9.98 Å². The largest absolute Gasteiger partial charge is 0.494 e. The molecule has 23 heavy (non-hydrogen) atoms. The summed E-state index contributed by atoms with van der Waals surface area (Å²) < 4.78 is 1.16. The fourth-order valence-electron chi connectivity index (χ4n) is 2.55. The Morgan fingerprint density at radius 3 is 2.57 bits per heavy atom. The van der Waals surface area contributed by atoms with Crippen LogP contribution in [0.25, 0.3) is 12.2 Å². The third-order valence-corrected chi connectivity index (χ3v) is 3.57. The van der Waals surface area contributed by atoms with Crippen molar-refractivity contribution in [3.63, 3.8) is 0 Å². The minimum Gasteiger partial charge on any atom is -0.494 e. The van der Waals surface area contributed by atoms with Crippen molar-refractivity contribution in [2.24, 2.45) is 4.99 Å². The number of para-hydroxylation sites is 1. The highest BCUT2D eigenvalue weighted by molar-refractivity contribution is 5.67. The van der Waals surface area contributed by atoms with E-state index in [4.69, 9.17) is 0 Å². The second-order valence-corrected chi connectivity index (χ2v) is 6.39. The Bertz CT molecular complexity index is 1010. The number of rotatable bonds is 1. The summed E-state index contributed by atoms with van der Waals surface area (Å²) in [6.07, 6.45) is 3.30. The molecule has 0 amide bonds. The van der Waals surface area contributed by atoms with Crippen LogP contribution in [0.5, 0.6) is 5.88 Å². The van der Waals surface area contributed by atoms with E-state index >= 15 is 0 Å². The van der Waals surface area contributed by atoms with Crippen LogP contribution in [0.4, 0.5) is 0 Å². The number of allylic oxidation sites excluding steroid dienone is 1. The van der Waals surface area contributed by atoms with E-state index in [-0.39, 0.29) is 11.4 Å². The molecule has 0 aliphatic carbocycles. The molecule has 0 atom stereocenters. The Kier molecular flexibility index (Phi) is 3.32. The second kappa shape index (κ2) is 5.08. The van der Waals surface area contributed by atoms with Gasteiger partial charge in [0.25, 0.3) is 5.56 Å². The van der Waals surface area contributed by atoms with E-state index in [0.29, 0.717) is 5.70 Å². The average Bonchev–Trinajstić information content (AvgIpc) is 2.84. The van der Waals surface area contributed by atoms with Crippen molar-refractivity contribution in [1.29, 1.82) is 0 Å². The van der Waals surface area contributed by atoms with Crippen molar-refractivity contribution in [3.05, 3.63) is 66.9 Å². The van der Waals surface area contributed by atoms with Gasteiger partial charge in [-0.25, -0.2) is 9.79 Å². The van der Waals surface area contributed by atoms with E-state index < -0.39 is 16.8 Å². The van der Waals surface area contributed by atoms with Crippen LogP contribution in [0.2, 0.25) is 0 Å². The van der Waals surface area contributed by atoms with Crippen LogP contribution in [-0.4, -0.2) is 14.7 Å². The van der Waals surface area contributed by atoms with E-state index in [1.54, 1.807) is 20.8 Å². The minimum absolute atomic E-state index is 0.0160. The smallest absolute Gasteiger partial charge is 0.331 e. The zero-order chi connectivity index (χ0) is 16.8. The van der Waals surface area contributed by atoms with Gasteiger partial charge >= 0.3 is 5.69 Å². The molecule has 2 N–H and O–H groups in total. The lowest BCUT2D eigenvalue weighted by Gasteiger charge is -2.23. The molecule has 2 heterocycles. The number of hydrogen-bond acceptors (Lipinski definition) is 4. The Morgan fingerprint density at radius 1 is 1.22 bits per heavy atom. The third kappa shape index (κ3) is 2.63. The summed E-state index contributed by atoms with van der Waals surface area (Å²) in [7, 11) is 0. The number of hydrogen-bond donors (Lipinski definition) is 2. The molecule has 1 aromatic carbocycles. The summed E-state index contributed by atoms with van der Waals surface area (Å²) in [5.41, 5.74) is -1.38. The molecule has 2 aromatic rings. The van der Waals surface area contributed by atoms with Crippen molar-refractivity contribution in [3.8, 4) is 5.88 Å². The number of H-pyrrole nitrogens is 1. The topological polar surface area (TPSA) is 87.4 Å². The minimum atomic E-state index is -0.669. The zero-order valence-corrected chi connectivity index (χ0v) is 13.1. The molecule has 1 aromatic heterocycles. The Morgan fingerprint density at radius 2 is 1.91 bits per heavy atom. The quantitative estimate of drug-likeness (QED) is 0.801. The van der Waals surface area contributed by atoms with Gasteiger partial charge in [-0.15, -0.1) is 0 Å². The Labute approximate surface area is 131 Å². The molecule has 0 spiro atoms. The van der Waals surface area contributed by atoms with Crippen LogP contribution in [-0.2, 0) is 5.54 Å². The SMILES string of the molecule is CC(C)(C)n1c(O)c(/C=C2\C=c3ccccc3=N2)c(=O)[nH]c1=O. The first kappa shape index (κ1) is 15.0. The molecule has 0 radical (unpaired) electrons. The van der Waals surface area contributed by atoms with Crippen LogP contribution in [0.1, 0.15) is 26.3 Å². The van der Waals surface area contributed by atoms with Gasteiger partial charge in [-0.3, -0.25) is 14.3 Å². The first-order valence-corrected chi connectivity index (χ1v) is 7.23. The summed E-state index contributed by atoms with van der Waals surface area (Å²) in [6, 6.07) is 7.56. The number of fused-ring (bicyclic) bond motifs is 1. The van der Waals surface area contributed by atoms with Gasteiger partial charge in [0, 0.05) is 10.8 Å². The second-order valence-electron chi connectivity index (χ2n) is 6.39. The molecule has 0 saturated carbocycles. The van der Waals surface area contributed by atoms with E-state index in [1.165, 1.54) is 6.08 Å². The van der Waals surface area contributed by atoms with Crippen LogP contribution in [0.3, 0.4) is 0 Å². The maximum atomic E-state index is 12.1. The Balaban J connectivity index is 2.23. The predicted octanol–water partition coefficient (Wildman–Crippen LogP) is 0.452. The zero-order valence-electron chi connectivity index (χ0n) is 13.1. The summed E-state index contributed by atoms with van der Waals surface area (Å²) in [4.78, 5) is 30.7. The molecule has 0 unspecified atom stereocenters. The molecule has 0 saturated heterocycles. The monoisotopic (exact) mass is 311 g/mol. The maximum absolute atomic E-state index is 12.1. The molecule has 1 aliphatic rings. The van der Waals surface area contributed by atoms with Crippen molar-refractivity contribution in [1.82, 2.24) is 9.55 Å². The van der Waals surface area contributed by atoms with Crippen LogP contribution in [0.15, 0.2) is 44.5 Å². The van der Waals surface area contributed by atoms with Gasteiger partial charge in [0.15, 0.2) is 0 Å². The average molecular weight is 311 g/mol. The van der Waals surface area contributed by atoms with Gasteiger partial charge in [-0.2, -0.15) is 0 Å². The fourth-order valence-corrected chi connectivity index (χ4v) is 2.55. The summed E-state index contributed by atoms with van der Waals surface area (Å²) in [6.45, 7) is 5.31. The van der Waals surface area contributed by atoms with Crippen molar-refractivity contribution in [2.45, 2.75) is 26.3 Å². The van der Waals surface area contributed by atoms with Crippen molar-refractivity contribution < 1.29 is 5.11 Å². The molecular formula is C17H17N3O3. The maximum Gasteiger partial charge on any atom is 0.331 e. The fraction of sp³-hybridized carbons (Fsp3) is 0.235. The number of aromatic amines is 1. The highest BCUT2D eigenvalue weighted by Gasteiger charge is 2.22. The molecule has 6 nitrogen and oxygen atoms in total. The molecule has 3 rings (SSSR count). The van der Waals surface area contributed by atoms with Crippen LogP contribution >= 0.6 is 0 Å².